The van der Waals surface area contributed by atoms with E-state index in [-0.39, 0.29) is 17.9 Å². The molecule has 0 atom stereocenters. The Kier molecular flexibility index (Phi) is 7.06. The zero-order valence-electron chi connectivity index (χ0n) is 16.2. The Morgan fingerprint density at radius 2 is 1.89 bits per heavy atom. The summed E-state index contributed by atoms with van der Waals surface area (Å²) >= 11 is 9.64. The highest BCUT2D eigenvalue weighted by Crippen LogP contribution is 2.35. The molecule has 0 saturated heterocycles. The van der Waals surface area contributed by atoms with E-state index in [1.165, 1.54) is 5.56 Å². The van der Waals surface area contributed by atoms with Crippen molar-refractivity contribution in [3.05, 3.63) is 62.1 Å². The molecule has 1 N–H and O–H groups in total. The van der Waals surface area contributed by atoms with E-state index in [0.717, 1.165) is 21.2 Å². The molecular weight excluding hydrogens is 428 g/mol. The van der Waals surface area contributed by atoms with Crippen LogP contribution in [0.2, 0.25) is 5.02 Å². The maximum absolute atomic E-state index is 11.9. The van der Waals surface area contributed by atoms with Gasteiger partial charge in [0.25, 0.3) is 5.91 Å². The monoisotopic (exact) mass is 450 g/mol. The van der Waals surface area contributed by atoms with Crippen molar-refractivity contribution in [3.8, 4) is 5.75 Å². The molecule has 1 amide bonds. The maximum Gasteiger partial charge on any atom is 0.277 e. The van der Waals surface area contributed by atoms with Crippen molar-refractivity contribution in [2.45, 2.75) is 40.0 Å². The molecule has 6 heteroatoms. The minimum atomic E-state index is -0.338. The van der Waals surface area contributed by atoms with Crippen molar-refractivity contribution in [1.29, 1.82) is 0 Å². The molecule has 0 heterocycles. The van der Waals surface area contributed by atoms with Gasteiger partial charge in [0.05, 0.1) is 10.7 Å². The van der Waals surface area contributed by atoms with Crippen LogP contribution in [-0.4, -0.2) is 18.7 Å². The highest BCUT2D eigenvalue weighted by atomic mass is 79.9. The molecular formula is C21H24BrClN2O2. The molecule has 0 spiro atoms. The predicted molar refractivity (Wildman–Crippen MR) is 115 cm³/mol. The molecule has 0 aromatic heterocycles. The van der Waals surface area contributed by atoms with Crippen molar-refractivity contribution < 1.29 is 9.53 Å². The van der Waals surface area contributed by atoms with Gasteiger partial charge in [-0.1, -0.05) is 56.6 Å². The molecule has 0 radical (unpaired) electrons. The molecule has 2 rings (SSSR count). The molecule has 0 aliphatic rings. The average Bonchev–Trinajstić information content (AvgIpc) is 2.61. The first kappa shape index (κ1) is 21.5. The van der Waals surface area contributed by atoms with Crippen molar-refractivity contribution in [2.75, 3.05) is 6.61 Å². The molecule has 27 heavy (non-hydrogen) atoms. The van der Waals surface area contributed by atoms with Gasteiger partial charge in [-0.3, -0.25) is 4.79 Å². The normalized spacial score (nSPS) is 11.7. The molecule has 2 aromatic rings. The van der Waals surface area contributed by atoms with Gasteiger partial charge < -0.3 is 4.74 Å². The fourth-order valence-electron chi connectivity index (χ4n) is 2.43. The molecule has 0 fully saturated rings. The summed E-state index contributed by atoms with van der Waals surface area (Å²) in [6.45, 7) is 10.1. The summed E-state index contributed by atoms with van der Waals surface area (Å²) in [6, 6.07) is 9.88. The quantitative estimate of drug-likeness (QED) is 0.479. The van der Waals surface area contributed by atoms with Crippen LogP contribution in [0.15, 0.2) is 39.9 Å². The lowest BCUT2D eigenvalue weighted by atomic mass is 9.87. The van der Waals surface area contributed by atoms with Crippen LogP contribution in [0.5, 0.6) is 5.75 Å². The first-order chi connectivity index (χ1) is 12.6. The van der Waals surface area contributed by atoms with Gasteiger partial charge in [0, 0.05) is 5.02 Å². The van der Waals surface area contributed by atoms with E-state index in [2.05, 4.69) is 59.4 Å². The number of nitrogens with one attached hydrogen (secondary N) is 1. The average molecular weight is 452 g/mol. The molecule has 0 aliphatic carbocycles. The summed E-state index contributed by atoms with van der Waals surface area (Å²) in [5.74, 6) is 0.237. The molecule has 2 aromatic carbocycles. The van der Waals surface area contributed by atoms with Crippen LogP contribution >= 0.6 is 27.5 Å². The smallest absolute Gasteiger partial charge is 0.277 e. The lowest BCUT2D eigenvalue weighted by Gasteiger charge is -2.18. The fourth-order valence-corrected chi connectivity index (χ4v) is 3.12. The zero-order chi connectivity index (χ0) is 20.2. The van der Waals surface area contributed by atoms with Crippen LogP contribution in [0.1, 0.15) is 43.0 Å². The lowest BCUT2D eigenvalue weighted by molar-refractivity contribution is -0.123. The standard InChI is InChI=1S/C21H24BrClN2O2/c1-13-10-17(19(22)14(2)20(13)23)27-12-18(26)25-24-11-15-6-8-16(9-7-15)21(3,4)5/h6-11H,12H2,1-5H3,(H,25,26)/b24-11+. The zero-order valence-corrected chi connectivity index (χ0v) is 18.5. The molecule has 144 valence electrons. The number of nitrogens with zero attached hydrogens (tertiary/aromatic N) is 1. The van der Waals surface area contributed by atoms with Crippen molar-refractivity contribution in [3.63, 3.8) is 0 Å². The van der Waals surface area contributed by atoms with Gasteiger partial charge in [-0.25, -0.2) is 5.43 Å². The molecule has 0 aliphatic heterocycles. The molecule has 4 nitrogen and oxygen atoms in total. The third-order valence-electron chi connectivity index (χ3n) is 4.11. The third kappa shape index (κ3) is 5.81. The predicted octanol–water partition coefficient (Wildman–Crippen LogP) is 5.55. The van der Waals surface area contributed by atoms with Crippen LogP contribution < -0.4 is 10.2 Å². The summed E-state index contributed by atoms with van der Waals surface area (Å²) in [5, 5.41) is 4.66. The minimum absolute atomic E-state index is 0.105. The number of benzene rings is 2. The van der Waals surface area contributed by atoms with Gasteiger partial charge in [-0.2, -0.15) is 5.10 Å². The van der Waals surface area contributed by atoms with Crippen molar-refractivity contribution >= 4 is 39.7 Å². The summed E-state index contributed by atoms with van der Waals surface area (Å²) in [7, 11) is 0. The van der Waals surface area contributed by atoms with E-state index in [0.29, 0.717) is 10.8 Å². The summed E-state index contributed by atoms with van der Waals surface area (Å²) in [4.78, 5) is 11.9. The SMILES string of the molecule is Cc1cc(OCC(=O)N/N=C/c2ccc(C(C)(C)C)cc2)c(Br)c(C)c1Cl. The van der Waals surface area contributed by atoms with Gasteiger partial charge in [-0.15, -0.1) is 0 Å². The van der Waals surface area contributed by atoms with E-state index in [9.17, 15) is 4.79 Å². The van der Waals surface area contributed by atoms with Crippen LogP contribution in [0.25, 0.3) is 0 Å². The molecule has 0 saturated carbocycles. The number of aryl methyl sites for hydroxylation is 1. The fraction of sp³-hybridized carbons (Fsp3) is 0.333. The van der Waals surface area contributed by atoms with Crippen molar-refractivity contribution in [1.82, 2.24) is 5.43 Å². The first-order valence-corrected chi connectivity index (χ1v) is 9.77. The Morgan fingerprint density at radius 3 is 2.48 bits per heavy atom. The van der Waals surface area contributed by atoms with E-state index < -0.39 is 0 Å². The largest absolute Gasteiger partial charge is 0.483 e. The van der Waals surface area contributed by atoms with Crippen LogP contribution in [0.3, 0.4) is 0 Å². The Bertz CT molecular complexity index is 856. The number of carbonyl (C=O) groups excluding carboxylic acids is 1. The Labute approximate surface area is 174 Å². The highest BCUT2D eigenvalue weighted by Gasteiger charge is 2.13. The third-order valence-corrected chi connectivity index (χ3v) is 5.67. The number of amides is 1. The van der Waals surface area contributed by atoms with Gasteiger partial charge >= 0.3 is 0 Å². The summed E-state index contributed by atoms with van der Waals surface area (Å²) < 4.78 is 6.32. The number of carbonyl (C=O) groups is 1. The number of hydrogen-bond acceptors (Lipinski definition) is 3. The van der Waals surface area contributed by atoms with E-state index >= 15 is 0 Å². The van der Waals surface area contributed by atoms with Gasteiger partial charge in [0.1, 0.15) is 5.75 Å². The Balaban J connectivity index is 1.91. The van der Waals surface area contributed by atoms with Crippen LogP contribution in [0, 0.1) is 13.8 Å². The number of hydrogen-bond donors (Lipinski definition) is 1. The topological polar surface area (TPSA) is 50.7 Å². The number of halogens is 2. The summed E-state index contributed by atoms with van der Waals surface area (Å²) in [5.41, 5.74) is 6.51. The lowest BCUT2D eigenvalue weighted by Crippen LogP contribution is -2.24. The van der Waals surface area contributed by atoms with Crippen LogP contribution in [-0.2, 0) is 10.2 Å². The van der Waals surface area contributed by atoms with Gasteiger partial charge in [0.2, 0.25) is 0 Å². The highest BCUT2D eigenvalue weighted by molar-refractivity contribution is 9.10. The second-order valence-electron chi connectivity index (χ2n) is 7.40. The first-order valence-electron chi connectivity index (χ1n) is 8.60. The Morgan fingerprint density at radius 1 is 1.26 bits per heavy atom. The second kappa shape index (κ2) is 8.89. The molecule has 0 unspecified atom stereocenters. The minimum Gasteiger partial charge on any atom is -0.483 e. The van der Waals surface area contributed by atoms with Crippen molar-refractivity contribution in [2.24, 2.45) is 5.10 Å². The number of rotatable bonds is 5. The van der Waals surface area contributed by atoms with E-state index in [1.807, 2.05) is 26.0 Å². The number of hydrazone groups is 1. The van der Waals surface area contributed by atoms with Crippen LogP contribution in [0.4, 0.5) is 0 Å². The number of ether oxygens (including phenoxy) is 1. The Hall–Kier alpha value is -1.85. The molecule has 0 bridgehead atoms. The van der Waals surface area contributed by atoms with Gasteiger partial charge in [-0.05, 0) is 63.5 Å². The summed E-state index contributed by atoms with van der Waals surface area (Å²) in [6.07, 6.45) is 1.61. The van der Waals surface area contributed by atoms with E-state index in [1.54, 1.807) is 12.3 Å². The maximum atomic E-state index is 11.9. The van der Waals surface area contributed by atoms with E-state index in [4.69, 9.17) is 16.3 Å². The second-order valence-corrected chi connectivity index (χ2v) is 8.57. The van der Waals surface area contributed by atoms with Gasteiger partial charge in [0.15, 0.2) is 6.61 Å².